The van der Waals surface area contributed by atoms with Gasteiger partial charge in [-0.3, -0.25) is 4.79 Å². The van der Waals surface area contributed by atoms with Crippen LogP contribution in [-0.4, -0.2) is 32.7 Å². The largest absolute Gasteiger partial charge is 0.494 e. The monoisotopic (exact) mass is 301 g/mol. The zero-order chi connectivity index (χ0) is 14.8. The standard InChI is InChI=1S/C13H16FNO4S/c1-2-7-19-11-5-3-10(4-6-11)15-9-12(8-13(15)16)20(14,17)18/h3-6,12H,2,7-9H2,1H3. The lowest BCUT2D eigenvalue weighted by Crippen LogP contribution is -2.26. The van der Waals surface area contributed by atoms with Crippen molar-refractivity contribution < 1.29 is 21.8 Å². The highest BCUT2D eigenvalue weighted by Gasteiger charge is 2.38. The van der Waals surface area contributed by atoms with Gasteiger partial charge in [0, 0.05) is 18.7 Å². The third kappa shape index (κ3) is 3.27. The van der Waals surface area contributed by atoms with Crippen molar-refractivity contribution in [2.45, 2.75) is 25.0 Å². The van der Waals surface area contributed by atoms with Crippen LogP contribution in [-0.2, 0) is 15.0 Å². The van der Waals surface area contributed by atoms with Gasteiger partial charge >= 0.3 is 10.2 Å². The summed E-state index contributed by atoms with van der Waals surface area (Å²) in [7, 11) is -4.68. The van der Waals surface area contributed by atoms with Crippen LogP contribution in [0.1, 0.15) is 19.8 Å². The Balaban J connectivity index is 2.10. The SMILES string of the molecule is CCCOc1ccc(N2CC(S(=O)(=O)F)CC2=O)cc1. The second kappa shape index (κ2) is 5.78. The van der Waals surface area contributed by atoms with E-state index >= 15 is 0 Å². The molecule has 0 N–H and O–H groups in total. The number of rotatable bonds is 5. The van der Waals surface area contributed by atoms with Crippen LogP contribution < -0.4 is 9.64 Å². The summed E-state index contributed by atoms with van der Waals surface area (Å²) in [5.41, 5.74) is 0.546. The first-order valence-electron chi connectivity index (χ1n) is 6.38. The molecule has 1 heterocycles. The molecule has 0 radical (unpaired) electrons. The van der Waals surface area contributed by atoms with Crippen LogP contribution in [0, 0.1) is 0 Å². The van der Waals surface area contributed by atoms with E-state index in [2.05, 4.69) is 0 Å². The highest BCUT2D eigenvalue weighted by molar-refractivity contribution is 7.87. The van der Waals surface area contributed by atoms with Crippen molar-refractivity contribution in [1.82, 2.24) is 0 Å². The maximum absolute atomic E-state index is 12.9. The van der Waals surface area contributed by atoms with Gasteiger partial charge in [0.15, 0.2) is 0 Å². The number of carbonyl (C=O) groups is 1. The Morgan fingerprint density at radius 2 is 2.00 bits per heavy atom. The van der Waals surface area contributed by atoms with Gasteiger partial charge in [-0.15, -0.1) is 3.89 Å². The van der Waals surface area contributed by atoms with Gasteiger partial charge in [-0.2, -0.15) is 8.42 Å². The average Bonchev–Trinajstić information content (AvgIpc) is 2.79. The number of hydrogen-bond acceptors (Lipinski definition) is 4. The summed E-state index contributed by atoms with van der Waals surface area (Å²) in [5.74, 6) is 0.287. The predicted molar refractivity (Wildman–Crippen MR) is 73.0 cm³/mol. The van der Waals surface area contributed by atoms with Gasteiger partial charge in [0.2, 0.25) is 5.91 Å². The maximum Gasteiger partial charge on any atom is 0.307 e. The molecule has 1 atom stereocenters. The molecule has 0 bridgehead atoms. The van der Waals surface area contributed by atoms with Crippen molar-refractivity contribution in [2.24, 2.45) is 0 Å². The summed E-state index contributed by atoms with van der Waals surface area (Å²) < 4.78 is 40.1. The number of carbonyl (C=O) groups excluding carboxylic acids is 1. The molecule has 1 saturated heterocycles. The van der Waals surface area contributed by atoms with Crippen molar-refractivity contribution in [3.05, 3.63) is 24.3 Å². The molecule has 1 aromatic carbocycles. The van der Waals surface area contributed by atoms with Crippen molar-refractivity contribution in [1.29, 1.82) is 0 Å². The van der Waals surface area contributed by atoms with Gasteiger partial charge in [-0.1, -0.05) is 6.92 Å². The Morgan fingerprint density at radius 1 is 1.35 bits per heavy atom. The van der Waals surface area contributed by atoms with Gasteiger partial charge in [-0.05, 0) is 30.7 Å². The van der Waals surface area contributed by atoms with E-state index in [-0.39, 0.29) is 13.0 Å². The smallest absolute Gasteiger partial charge is 0.307 e. The number of anilines is 1. The van der Waals surface area contributed by atoms with Crippen LogP contribution in [0.4, 0.5) is 9.57 Å². The average molecular weight is 301 g/mol. The van der Waals surface area contributed by atoms with Crippen molar-refractivity contribution in [3.8, 4) is 5.75 Å². The van der Waals surface area contributed by atoms with Crippen LogP contribution in [0.15, 0.2) is 24.3 Å². The molecule has 7 heteroatoms. The molecule has 110 valence electrons. The second-order valence-electron chi connectivity index (χ2n) is 4.65. The van der Waals surface area contributed by atoms with E-state index in [1.807, 2.05) is 6.92 Å². The lowest BCUT2D eigenvalue weighted by atomic mass is 10.3. The van der Waals surface area contributed by atoms with Crippen LogP contribution in [0.3, 0.4) is 0 Å². The molecular weight excluding hydrogens is 285 g/mol. The fraction of sp³-hybridized carbons (Fsp3) is 0.462. The number of nitrogens with zero attached hydrogens (tertiary/aromatic N) is 1. The normalized spacial score (nSPS) is 19.4. The molecule has 0 aliphatic carbocycles. The van der Waals surface area contributed by atoms with Gasteiger partial charge < -0.3 is 9.64 Å². The first-order chi connectivity index (χ1) is 9.41. The van der Waals surface area contributed by atoms with Crippen LogP contribution >= 0.6 is 0 Å². The van der Waals surface area contributed by atoms with Crippen molar-refractivity contribution in [2.75, 3.05) is 18.1 Å². The molecular formula is C13H16FNO4S. The minimum absolute atomic E-state index is 0.146. The van der Waals surface area contributed by atoms with E-state index in [4.69, 9.17) is 4.74 Å². The Hall–Kier alpha value is -1.63. The minimum atomic E-state index is -4.68. The van der Waals surface area contributed by atoms with Crippen molar-refractivity contribution in [3.63, 3.8) is 0 Å². The Bertz CT molecular complexity index is 585. The Morgan fingerprint density at radius 3 is 2.50 bits per heavy atom. The van der Waals surface area contributed by atoms with Crippen molar-refractivity contribution >= 4 is 21.8 Å². The van der Waals surface area contributed by atoms with Crippen LogP contribution in [0.5, 0.6) is 5.75 Å². The number of amides is 1. The van der Waals surface area contributed by atoms with E-state index in [1.54, 1.807) is 24.3 Å². The molecule has 1 fully saturated rings. The molecule has 20 heavy (non-hydrogen) atoms. The van der Waals surface area contributed by atoms with E-state index in [0.717, 1.165) is 6.42 Å². The van der Waals surface area contributed by atoms with Gasteiger partial charge in [0.25, 0.3) is 0 Å². The van der Waals surface area contributed by atoms with Gasteiger partial charge in [0.1, 0.15) is 11.0 Å². The lowest BCUT2D eigenvalue weighted by molar-refractivity contribution is -0.117. The van der Waals surface area contributed by atoms with Gasteiger partial charge in [0.05, 0.1) is 6.61 Å². The van der Waals surface area contributed by atoms with Gasteiger partial charge in [-0.25, -0.2) is 0 Å². The van der Waals surface area contributed by atoms with Crippen LogP contribution in [0.2, 0.25) is 0 Å². The molecule has 5 nitrogen and oxygen atoms in total. The van der Waals surface area contributed by atoms with Crippen LogP contribution in [0.25, 0.3) is 0 Å². The predicted octanol–water partition coefficient (Wildman–Crippen LogP) is 1.88. The number of hydrogen-bond donors (Lipinski definition) is 0. The second-order valence-corrected chi connectivity index (χ2v) is 6.27. The number of benzene rings is 1. The molecule has 0 spiro atoms. The fourth-order valence-electron chi connectivity index (χ4n) is 2.06. The fourth-order valence-corrected chi connectivity index (χ4v) is 2.72. The van der Waals surface area contributed by atoms with E-state index in [9.17, 15) is 17.1 Å². The first kappa shape index (κ1) is 14.8. The molecule has 0 saturated carbocycles. The van der Waals surface area contributed by atoms with E-state index in [0.29, 0.717) is 18.0 Å². The minimum Gasteiger partial charge on any atom is -0.494 e. The summed E-state index contributed by atoms with van der Waals surface area (Å²) >= 11 is 0. The Labute approximate surface area is 117 Å². The highest BCUT2D eigenvalue weighted by atomic mass is 32.3. The molecule has 0 aromatic heterocycles. The highest BCUT2D eigenvalue weighted by Crippen LogP contribution is 2.27. The topological polar surface area (TPSA) is 63.7 Å². The Kier molecular flexibility index (Phi) is 4.27. The number of ether oxygens (including phenoxy) is 1. The third-order valence-electron chi connectivity index (χ3n) is 3.11. The summed E-state index contributed by atoms with van der Waals surface area (Å²) in [6, 6.07) is 6.73. The molecule has 1 amide bonds. The first-order valence-corrected chi connectivity index (χ1v) is 7.83. The zero-order valence-electron chi connectivity index (χ0n) is 11.1. The molecule has 2 rings (SSSR count). The quantitative estimate of drug-likeness (QED) is 0.779. The summed E-state index contributed by atoms with van der Waals surface area (Å²) in [4.78, 5) is 13.0. The molecule has 1 aliphatic rings. The third-order valence-corrected chi connectivity index (χ3v) is 4.22. The maximum atomic E-state index is 12.9. The summed E-state index contributed by atoms with van der Waals surface area (Å²) in [6.07, 6.45) is 0.579. The van der Waals surface area contributed by atoms with E-state index in [1.165, 1.54) is 4.90 Å². The summed E-state index contributed by atoms with van der Waals surface area (Å²) in [5, 5.41) is -1.27. The lowest BCUT2D eigenvalue weighted by Gasteiger charge is -2.16. The van der Waals surface area contributed by atoms with E-state index < -0.39 is 21.4 Å². The zero-order valence-corrected chi connectivity index (χ0v) is 11.9. The molecule has 1 aliphatic heterocycles. The summed E-state index contributed by atoms with van der Waals surface area (Å²) in [6.45, 7) is 2.45. The number of halogens is 1. The molecule has 1 unspecified atom stereocenters. The molecule has 1 aromatic rings.